The zero-order chi connectivity index (χ0) is 13.3. The van der Waals surface area contributed by atoms with Gasteiger partial charge in [-0.3, -0.25) is 0 Å². The fourth-order valence-electron chi connectivity index (χ4n) is 1.45. The number of anilines is 1. The molecule has 2 aromatic heterocycles. The molecule has 0 radical (unpaired) electrons. The summed E-state index contributed by atoms with van der Waals surface area (Å²) in [4.78, 5) is 9.14. The lowest BCUT2D eigenvalue weighted by Crippen LogP contribution is -2.26. The molecule has 0 aliphatic rings. The Kier molecular flexibility index (Phi) is 3.29. The maximum atomic E-state index is 12.2. The second kappa shape index (κ2) is 4.60. The molecule has 0 N–H and O–H groups in total. The monoisotopic (exact) mass is 279 g/mol. The van der Waals surface area contributed by atoms with E-state index in [1.165, 1.54) is 28.9 Å². The second-order valence-corrected chi connectivity index (χ2v) is 4.08. The van der Waals surface area contributed by atoms with Crippen LogP contribution in [0.1, 0.15) is 6.42 Å². The average Bonchev–Trinajstić information content (AvgIpc) is 2.71. The van der Waals surface area contributed by atoms with E-state index in [4.69, 9.17) is 11.6 Å². The normalized spacial score (nSPS) is 12.1. The zero-order valence-electron chi connectivity index (χ0n) is 9.32. The van der Waals surface area contributed by atoms with Gasteiger partial charge in [0.05, 0.1) is 6.42 Å². The summed E-state index contributed by atoms with van der Waals surface area (Å²) in [5.74, 6) is 0.656. The van der Waals surface area contributed by atoms with E-state index in [0.717, 1.165) is 0 Å². The van der Waals surface area contributed by atoms with Gasteiger partial charge in [-0.1, -0.05) is 11.6 Å². The number of nitrogens with zero attached hydrogens (tertiary/aromatic N) is 5. The topological polar surface area (TPSA) is 46.3 Å². The Morgan fingerprint density at radius 2 is 2.17 bits per heavy atom. The fourth-order valence-corrected chi connectivity index (χ4v) is 1.62. The molecule has 0 bridgehead atoms. The number of hydrogen-bond donors (Lipinski definition) is 0. The first-order valence-corrected chi connectivity index (χ1v) is 5.39. The molecule has 2 rings (SSSR count). The number of fused-ring (bicyclic) bond motifs is 1. The molecule has 2 aromatic rings. The van der Waals surface area contributed by atoms with Gasteiger partial charge < -0.3 is 4.90 Å². The van der Waals surface area contributed by atoms with Crippen LogP contribution in [-0.4, -0.2) is 39.4 Å². The number of alkyl halides is 3. The van der Waals surface area contributed by atoms with E-state index in [-0.39, 0.29) is 17.5 Å². The molecule has 0 saturated heterocycles. The van der Waals surface area contributed by atoms with Crippen LogP contribution in [0, 0.1) is 0 Å². The van der Waals surface area contributed by atoms with Gasteiger partial charge in [-0.05, 0) is 0 Å². The highest BCUT2D eigenvalue weighted by molar-refractivity contribution is 6.29. The van der Waals surface area contributed by atoms with Gasteiger partial charge in [-0.2, -0.15) is 32.8 Å². The van der Waals surface area contributed by atoms with Crippen molar-refractivity contribution in [3.8, 4) is 0 Å². The van der Waals surface area contributed by atoms with Crippen LogP contribution in [0.15, 0.2) is 12.4 Å². The van der Waals surface area contributed by atoms with Crippen molar-refractivity contribution >= 4 is 23.2 Å². The Balaban J connectivity index is 2.26. The highest BCUT2D eigenvalue weighted by atomic mass is 35.5. The van der Waals surface area contributed by atoms with Crippen LogP contribution < -0.4 is 4.90 Å². The molecule has 0 aromatic carbocycles. The van der Waals surface area contributed by atoms with Gasteiger partial charge in [0.1, 0.15) is 17.3 Å². The van der Waals surface area contributed by atoms with Crippen molar-refractivity contribution in [2.45, 2.75) is 12.6 Å². The third kappa shape index (κ3) is 2.81. The summed E-state index contributed by atoms with van der Waals surface area (Å²) in [6, 6.07) is 1.44. The smallest absolute Gasteiger partial charge is 0.359 e. The molecule has 9 heteroatoms. The van der Waals surface area contributed by atoms with E-state index < -0.39 is 12.6 Å². The van der Waals surface area contributed by atoms with Crippen LogP contribution in [0.5, 0.6) is 0 Å². The number of hydrogen-bond acceptors (Lipinski definition) is 4. The molecular weight excluding hydrogens is 271 g/mol. The third-order valence-corrected chi connectivity index (χ3v) is 2.52. The van der Waals surface area contributed by atoms with Crippen molar-refractivity contribution in [2.75, 3.05) is 18.5 Å². The molecule has 0 atom stereocenters. The minimum Gasteiger partial charge on any atom is -0.359 e. The maximum absolute atomic E-state index is 12.2. The lowest BCUT2D eigenvalue weighted by atomic mass is 10.4. The molecule has 0 aliphatic carbocycles. The van der Waals surface area contributed by atoms with Crippen molar-refractivity contribution in [2.24, 2.45) is 0 Å². The van der Waals surface area contributed by atoms with E-state index in [2.05, 4.69) is 15.1 Å². The Hall–Kier alpha value is -1.57. The highest BCUT2D eigenvalue weighted by Gasteiger charge is 2.27. The van der Waals surface area contributed by atoms with Crippen molar-refractivity contribution in [3.63, 3.8) is 0 Å². The predicted molar refractivity (Wildman–Crippen MR) is 59.7 cm³/mol. The van der Waals surface area contributed by atoms with Crippen LogP contribution in [0.25, 0.3) is 5.78 Å². The van der Waals surface area contributed by atoms with E-state index in [9.17, 15) is 13.2 Å². The zero-order valence-corrected chi connectivity index (χ0v) is 10.1. The van der Waals surface area contributed by atoms with Gasteiger partial charge >= 0.3 is 6.18 Å². The van der Waals surface area contributed by atoms with Gasteiger partial charge in [0, 0.05) is 19.7 Å². The summed E-state index contributed by atoms with van der Waals surface area (Å²) in [5.41, 5.74) is 0. The number of halogens is 4. The molecule has 5 nitrogen and oxygen atoms in total. The fraction of sp³-hybridized carbons (Fsp3) is 0.444. The first-order chi connectivity index (χ1) is 8.37. The predicted octanol–water partition coefficient (Wildman–Crippen LogP) is 2.17. The Morgan fingerprint density at radius 1 is 1.44 bits per heavy atom. The quantitative estimate of drug-likeness (QED) is 0.808. The van der Waals surface area contributed by atoms with E-state index in [1.807, 2.05) is 0 Å². The van der Waals surface area contributed by atoms with Crippen molar-refractivity contribution in [1.82, 2.24) is 19.6 Å². The van der Waals surface area contributed by atoms with Gasteiger partial charge in [-0.15, -0.1) is 0 Å². The molecule has 0 fully saturated rings. The third-order valence-electron chi connectivity index (χ3n) is 2.32. The van der Waals surface area contributed by atoms with Crippen LogP contribution in [0.4, 0.5) is 19.0 Å². The molecule has 0 unspecified atom stereocenters. The SMILES string of the molecule is CN(CCC(F)(F)F)c1cc(Cl)nc2ncnn12. The standard InChI is InChI=1S/C9H9ClF3N5/c1-17(3-2-9(11,12)13)7-4-6(10)16-8-14-5-15-18(7)8/h4-5H,2-3H2,1H3. The molecule has 98 valence electrons. The first kappa shape index (κ1) is 12.9. The minimum atomic E-state index is -4.20. The summed E-state index contributed by atoms with van der Waals surface area (Å²) in [7, 11) is 1.53. The Labute approximate surface area is 105 Å². The number of aromatic nitrogens is 4. The van der Waals surface area contributed by atoms with E-state index >= 15 is 0 Å². The lowest BCUT2D eigenvalue weighted by Gasteiger charge is -2.20. The van der Waals surface area contributed by atoms with E-state index in [0.29, 0.717) is 5.82 Å². The van der Waals surface area contributed by atoms with Crippen LogP contribution in [-0.2, 0) is 0 Å². The summed E-state index contributed by atoms with van der Waals surface area (Å²) in [5, 5.41) is 4.04. The van der Waals surface area contributed by atoms with Crippen molar-refractivity contribution < 1.29 is 13.2 Å². The van der Waals surface area contributed by atoms with Crippen molar-refractivity contribution in [1.29, 1.82) is 0 Å². The van der Waals surface area contributed by atoms with Gasteiger partial charge in [-0.25, -0.2) is 0 Å². The van der Waals surface area contributed by atoms with Gasteiger partial charge in [0.2, 0.25) is 0 Å². The largest absolute Gasteiger partial charge is 0.390 e. The van der Waals surface area contributed by atoms with Crippen molar-refractivity contribution in [3.05, 3.63) is 17.5 Å². The van der Waals surface area contributed by atoms with Crippen LogP contribution >= 0.6 is 11.6 Å². The average molecular weight is 280 g/mol. The Morgan fingerprint density at radius 3 is 2.83 bits per heavy atom. The highest BCUT2D eigenvalue weighted by Crippen LogP contribution is 2.22. The maximum Gasteiger partial charge on any atom is 0.390 e. The summed E-state index contributed by atoms with van der Waals surface area (Å²) >= 11 is 5.77. The van der Waals surface area contributed by atoms with Gasteiger partial charge in [0.25, 0.3) is 5.78 Å². The molecule has 0 spiro atoms. The van der Waals surface area contributed by atoms with Crippen LogP contribution in [0.3, 0.4) is 0 Å². The van der Waals surface area contributed by atoms with E-state index in [1.54, 1.807) is 0 Å². The molecule has 2 heterocycles. The second-order valence-electron chi connectivity index (χ2n) is 3.70. The minimum absolute atomic E-state index is 0.157. The lowest BCUT2D eigenvalue weighted by molar-refractivity contribution is -0.132. The number of rotatable bonds is 3. The van der Waals surface area contributed by atoms with Gasteiger partial charge in [0.15, 0.2) is 0 Å². The summed E-state index contributed by atoms with van der Waals surface area (Å²) < 4.78 is 37.8. The first-order valence-electron chi connectivity index (χ1n) is 5.01. The van der Waals surface area contributed by atoms with Crippen LogP contribution in [0.2, 0.25) is 5.15 Å². The Bertz CT molecular complexity index is 553. The summed E-state index contributed by atoms with van der Waals surface area (Å²) in [6.07, 6.45) is -3.86. The summed E-state index contributed by atoms with van der Waals surface area (Å²) in [6.45, 7) is -0.196. The molecule has 0 saturated carbocycles. The molecular formula is C9H9ClF3N5. The molecule has 18 heavy (non-hydrogen) atoms. The molecule has 0 amide bonds. The molecule has 0 aliphatic heterocycles.